The summed E-state index contributed by atoms with van der Waals surface area (Å²) in [6.45, 7) is 0. The Morgan fingerprint density at radius 2 is 2.40 bits per heavy atom. The topological polar surface area (TPSA) is 29.9 Å². The molecule has 1 heterocycles. The van der Waals surface area contributed by atoms with Crippen molar-refractivity contribution in [2.24, 2.45) is 13.0 Å². The lowest BCUT2D eigenvalue weighted by Crippen LogP contribution is -2.28. The lowest BCUT2D eigenvalue weighted by molar-refractivity contribution is 0.464. The first-order valence-electron chi connectivity index (χ1n) is 5.56. The van der Waals surface area contributed by atoms with E-state index in [-0.39, 0.29) is 0 Å². The normalized spacial score (nSPS) is 18.1. The largest absolute Gasteiger partial charge is 0.317 e. The standard InChI is InChI=1S/C11H18ClN3/c1-13-10(8-3-4-8)5-6-11-9(12)7-14-15(11)2/h7-8,10,13H,3-6H2,1-2H3. The summed E-state index contributed by atoms with van der Waals surface area (Å²) in [5.74, 6) is 0.891. The van der Waals surface area contributed by atoms with Gasteiger partial charge in [-0.25, -0.2) is 0 Å². The Kier molecular flexibility index (Phi) is 3.32. The predicted molar refractivity (Wildman–Crippen MR) is 62.1 cm³/mol. The Bertz CT molecular complexity index is 311. The van der Waals surface area contributed by atoms with E-state index in [1.54, 1.807) is 6.20 Å². The maximum atomic E-state index is 6.06. The number of aromatic nitrogens is 2. The molecular weight excluding hydrogens is 210 g/mol. The summed E-state index contributed by atoms with van der Waals surface area (Å²) in [5, 5.41) is 8.33. The lowest BCUT2D eigenvalue weighted by Gasteiger charge is -2.15. The summed E-state index contributed by atoms with van der Waals surface area (Å²) in [6.07, 6.45) is 6.65. The average molecular weight is 228 g/mol. The Morgan fingerprint density at radius 3 is 2.87 bits per heavy atom. The van der Waals surface area contributed by atoms with Crippen molar-refractivity contribution in [1.29, 1.82) is 0 Å². The summed E-state index contributed by atoms with van der Waals surface area (Å²) in [6, 6.07) is 0.649. The number of halogens is 1. The van der Waals surface area contributed by atoms with Crippen molar-refractivity contribution in [2.75, 3.05) is 7.05 Å². The van der Waals surface area contributed by atoms with Gasteiger partial charge in [0.2, 0.25) is 0 Å². The van der Waals surface area contributed by atoms with Crippen LogP contribution in [0.3, 0.4) is 0 Å². The molecule has 0 saturated heterocycles. The zero-order valence-electron chi connectivity index (χ0n) is 9.33. The molecule has 4 heteroatoms. The van der Waals surface area contributed by atoms with Gasteiger partial charge in [-0.15, -0.1) is 0 Å². The van der Waals surface area contributed by atoms with Crippen LogP contribution in [0.15, 0.2) is 6.20 Å². The third kappa shape index (κ3) is 2.52. The fraction of sp³-hybridized carbons (Fsp3) is 0.727. The first-order valence-corrected chi connectivity index (χ1v) is 5.93. The van der Waals surface area contributed by atoms with Crippen LogP contribution in [0.2, 0.25) is 5.02 Å². The predicted octanol–water partition coefficient (Wildman–Crippen LogP) is 2.00. The van der Waals surface area contributed by atoms with Gasteiger partial charge in [-0.1, -0.05) is 11.6 Å². The van der Waals surface area contributed by atoms with Gasteiger partial charge in [-0.2, -0.15) is 5.10 Å². The number of aryl methyl sites for hydroxylation is 1. The fourth-order valence-electron chi connectivity index (χ4n) is 2.12. The second-order valence-electron chi connectivity index (χ2n) is 4.33. The number of nitrogens with one attached hydrogen (secondary N) is 1. The first-order chi connectivity index (χ1) is 7.22. The first kappa shape index (κ1) is 11.0. The molecule has 3 nitrogen and oxygen atoms in total. The van der Waals surface area contributed by atoms with E-state index in [1.165, 1.54) is 12.8 Å². The van der Waals surface area contributed by atoms with Crippen LogP contribution in [0.5, 0.6) is 0 Å². The molecular formula is C11H18ClN3. The Labute approximate surface area is 95.8 Å². The number of nitrogens with zero attached hydrogens (tertiary/aromatic N) is 2. The molecule has 1 aliphatic rings. The molecule has 1 atom stereocenters. The summed E-state index contributed by atoms with van der Waals surface area (Å²) >= 11 is 6.06. The smallest absolute Gasteiger partial charge is 0.0817 e. The Balaban J connectivity index is 1.91. The maximum absolute atomic E-state index is 6.06. The van der Waals surface area contributed by atoms with Crippen LogP contribution in [0, 0.1) is 5.92 Å². The summed E-state index contributed by atoms with van der Waals surface area (Å²) in [7, 11) is 4.00. The molecule has 0 aromatic carbocycles. The SMILES string of the molecule is CNC(CCc1c(Cl)cnn1C)C1CC1. The molecule has 15 heavy (non-hydrogen) atoms. The molecule has 0 amide bonds. The molecule has 0 aliphatic heterocycles. The van der Waals surface area contributed by atoms with E-state index in [0.717, 1.165) is 29.5 Å². The second kappa shape index (κ2) is 4.54. The zero-order valence-corrected chi connectivity index (χ0v) is 10.1. The molecule has 0 bridgehead atoms. The van der Waals surface area contributed by atoms with Crippen molar-refractivity contribution in [1.82, 2.24) is 15.1 Å². The molecule has 1 aromatic rings. The van der Waals surface area contributed by atoms with Gasteiger partial charge in [0.25, 0.3) is 0 Å². The molecule has 1 fully saturated rings. The minimum atomic E-state index is 0.649. The summed E-state index contributed by atoms with van der Waals surface area (Å²) in [4.78, 5) is 0. The van der Waals surface area contributed by atoms with E-state index in [9.17, 15) is 0 Å². The van der Waals surface area contributed by atoms with Gasteiger partial charge in [-0.3, -0.25) is 4.68 Å². The van der Waals surface area contributed by atoms with Crippen LogP contribution in [-0.2, 0) is 13.5 Å². The van der Waals surface area contributed by atoms with Gasteiger partial charge in [0.05, 0.1) is 16.9 Å². The lowest BCUT2D eigenvalue weighted by atomic mass is 10.1. The Hall–Kier alpha value is -0.540. The van der Waals surface area contributed by atoms with Crippen molar-refractivity contribution >= 4 is 11.6 Å². The van der Waals surface area contributed by atoms with Crippen molar-refractivity contribution in [3.05, 3.63) is 16.9 Å². The van der Waals surface area contributed by atoms with Gasteiger partial charge < -0.3 is 5.32 Å². The quantitative estimate of drug-likeness (QED) is 0.834. The van der Waals surface area contributed by atoms with Gasteiger partial charge in [0, 0.05) is 13.1 Å². The highest BCUT2D eigenvalue weighted by Gasteiger charge is 2.29. The highest BCUT2D eigenvalue weighted by molar-refractivity contribution is 6.31. The van der Waals surface area contributed by atoms with Gasteiger partial charge in [0.15, 0.2) is 0 Å². The van der Waals surface area contributed by atoms with Crippen LogP contribution in [0.1, 0.15) is 25.0 Å². The monoisotopic (exact) mass is 227 g/mol. The zero-order chi connectivity index (χ0) is 10.8. The molecule has 0 radical (unpaired) electrons. The van der Waals surface area contributed by atoms with Gasteiger partial charge in [-0.05, 0) is 38.6 Å². The van der Waals surface area contributed by atoms with Crippen LogP contribution in [0.25, 0.3) is 0 Å². The number of hydrogen-bond acceptors (Lipinski definition) is 2. The molecule has 1 N–H and O–H groups in total. The molecule has 2 rings (SSSR count). The molecule has 84 valence electrons. The summed E-state index contributed by atoms with van der Waals surface area (Å²) in [5.41, 5.74) is 1.15. The van der Waals surface area contributed by atoms with Gasteiger partial charge >= 0.3 is 0 Å². The van der Waals surface area contributed by atoms with E-state index in [4.69, 9.17) is 11.6 Å². The Morgan fingerprint density at radius 1 is 1.67 bits per heavy atom. The van der Waals surface area contributed by atoms with Crippen LogP contribution >= 0.6 is 11.6 Å². The van der Waals surface area contributed by atoms with Crippen LogP contribution in [0.4, 0.5) is 0 Å². The van der Waals surface area contributed by atoms with E-state index >= 15 is 0 Å². The van der Waals surface area contributed by atoms with Crippen molar-refractivity contribution in [2.45, 2.75) is 31.7 Å². The van der Waals surface area contributed by atoms with E-state index in [1.807, 2.05) is 18.8 Å². The highest BCUT2D eigenvalue weighted by Crippen LogP contribution is 2.34. The van der Waals surface area contributed by atoms with Crippen molar-refractivity contribution in [3.8, 4) is 0 Å². The molecule has 1 saturated carbocycles. The molecule has 1 unspecified atom stereocenters. The third-order valence-electron chi connectivity index (χ3n) is 3.26. The number of rotatable bonds is 5. The van der Waals surface area contributed by atoms with E-state index in [2.05, 4.69) is 10.4 Å². The van der Waals surface area contributed by atoms with Crippen LogP contribution in [-0.4, -0.2) is 22.9 Å². The molecule has 1 aromatic heterocycles. The summed E-state index contributed by atoms with van der Waals surface area (Å²) < 4.78 is 1.88. The third-order valence-corrected chi connectivity index (χ3v) is 3.58. The van der Waals surface area contributed by atoms with E-state index in [0.29, 0.717) is 6.04 Å². The molecule has 1 aliphatic carbocycles. The average Bonchev–Trinajstić information content (AvgIpc) is 3.00. The van der Waals surface area contributed by atoms with Crippen LogP contribution < -0.4 is 5.32 Å². The van der Waals surface area contributed by atoms with Gasteiger partial charge in [0.1, 0.15) is 0 Å². The van der Waals surface area contributed by atoms with Crippen molar-refractivity contribution in [3.63, 3.8) is 0 Å². The maximum Gasteiger partial charge on any atom is 0.0817 e. The second-order valence-corrected chi connectivity index (χ2v) is 4.74. The van der Waals surface area contributed by atoms with Crippen molar-refractivity contribution < 1.29 is 0 Å². The number of hydrogen-bond donors (Lipinski definition) is 1. The highest BCUT2D eigenvalue weighted by atomic mass is 35.5. The minimum Gasteiger partial charge on any atom is -0.317 e. The minimum absolute atomic E-state index is 0.649. The fourth-order valence-corrected chi connectivity index (χ4v) is 2.38. The molecule has 0 spiro atoms. The van der Waals surface area contributed by atoms with E-state index < -0.39 is 0 Å².